The van der Waals surface area contributed by atoms with E-state index in [-0.39, 0.29) is 6.42 Å². The summed E-state index contributed by atoms with van der Waals surface area (Å²) in [5.74, 6) is 0. The fourth-order valence-electron chi connectivity index (χ4n) is 1.54. The molecule has 1 heterocycles. The number of ether oxygens (including phenoxy) is 2. The quantitative estimate of drug-likeness (QED) is 0.404. The van der Waals surface area contributed by atoms with Gasteiger partial charge in [0.1, 0.15) is 0 Å². The molecule has 2 unspecified atom stereocenters. The number of hydrogen-bond acceptors (Lipinski definition) is 6. The summed E-state index contributed by atoms with van der Waals surface area (Å²) in [6, 6.07) is 0. The van der Waals surface area contributed by atoms with Crippen LogP contribution in [-0.4, -0.2) is 43.4 Å². The molecule has 1 aliphatic rings. The molecule has 0 fully saturated rings. The highest BCUT2D eigenvalue weighted by atomic mass is 16.7. The Morgan fingerprint density at radius 2 is 2.25 bits per heavy atom. The monoisotopic (exact) mass is 229 g/mol. The molecule has 0 aromatic rings. The van der Waals surface area contributed by atoms with Gasteiger partial charge in [0.05, 0.1) is 6.42 Å². The van der Waals surface area contributed by atoms with Crippen LogP contribution < -0.4 is 5.73 Å². The van der Waals surface area contributed by atoms with E-state index >= 15 is 0 Å². The van der Waals surface area contributed by atoms with E-state index in [1.54, 1.807) is 0 Å². The van der Waals surface area contributed by atoms with E-state index in [0.717, 1.165) is 0 Å². The van der Waals surface area contributed by atoms with Gasteiger partial charge in [0.15, 0.2) is 12.5 Å². The largest absolute Gasteiger partial charge is 0.356 e. The number of nitrogens with zero attached hydrogens (tertiary/aromatic N) is 2. The second-order valence-electron chi connectivity index (χ2n) is 3.46. The molecule has 0 bridgehead atoms. The Labute approximate surface area is 93.1 Å². The standard InChI is InChI=1S/C9H15N3O4/c1-15-7(16-2)6-9(12(13)14)4-3-5-11-8(9)10/h3-5,7-8H,6,10H2,1-2H3. The first-order chi connectivity index (χ1) is 7.56. The van der Waals surface area contributed by atoms with Crippen LogP contribution in [-0.2, 0) is 9.47 Å². The van der Waals surface area contributed by atoms with E-state index in [2.05, 4.69) is 4.99 Å². The summed E-state index contributed by atoms with van der Waals surface area (Å²) in [7, 11) is 2.84. The van der Waals surface area contributed by atoms with E-state index in [4.69, 9.17) is 15.2 Å². The van der Waals surface area contributed by atoms with Crippen LogP contribution in [0.1, 0.15) is 6.42 Å². The number of methoxy groups -OCH3 is 2. The minimum Gasteiger partial charge on any atom is -0.356 e. The van der Waals surface area contributed by atoms with Gasteiger partial charge in [-0.3, -0.25) is 15.1 Å². The van der Waals surface area contributed by atoms with Crippen LogP contribution in [0.3, 0.4) is 0 Å². The highest BCUT2D eigenvalue weighted by Gasteiger charge is 2.49. The Morgan fingerprint density at radius 1 is 1.62 bits per heavy atom. The molecule has 0 spiro atoms. The van der Waals surface area contributed by atoms with Gasteiger partial charge in [-0.2, -0.15) is 0 Å². The van der Waals surface area contributed by atoms with Crippen molar-refractivity contribution in [2.75, 3.05) is 14.2 Å². The molecule has 7 nitrogen and oxygen atoms in total. The number of rotatable bonds is 5. The van der Waals surface area contributed by atoms with Crippen molar-refractivity contribution in [3.05, 3.63) is 22.3 Å². The third kappa shape index (κ3) is 2.26. The average Bonchev–Trinajstić information content (AvgIpc) is 2.28. The predicted molar refractivity (Wildman–Crippen MR) is 57.8 cm³/mol. The van der Waals surface area contributed by atoms with Crippen molar-refractivity contribution in [1.29, 1.82) is 0 Å². The van der Waals surface area contributed by atoms with E-state index in [0.29, 0.717) is 0 Å². The minimum absolute atomic E-state index is 0.0159. The second kappa shape index (κ2) is 5.15. The van der Waals surface area contributed by atoms with E-state index in [1.807, 2.05) is 0 Å². The molecule has 90 valence electrons. The Bertz CT molecular complexity index is 314. The number of allylic oxidation sites excluding steroid dienone is 1. The van der Waals surface area contributed by atoms with E-state index in [9.17, 15) is 10.1 Å². The highest BCUT2D eigenvalue weighted by molar-refractivity contribution is 5.73. The van der Waals surface area contributed by atoms with Gasteiger partial charge in [-0.1, -0.05) is 0 Å². The topological polar surface area (TPSA) is 100.0 Å². The fraction of sp³-hybridized carbons (Fsp3) is 0.667. The van der Waals surface area contributed by atoms with Crippen LogP contribution in [0.25, 0.3) is 0 Å². The molecular weight excluding hydrogens is 214 g/mol. The zero-order valence-electron chi connectivity index (χ0n) is 9.20. The normalized spacial score (nSPS) is 28.6. The average molecular weight is 229 g/mol. The zero-order valence-corrected chi connectivity index (χ0v) is 9.20. The summed E-state index contributed by atoms with van der Waals surface area (Å²) in [5.41, 5.74) is 4.20. The van der Waals surface area contributed by atoms with Crippen molar-refractivity contribution in [1.82, 2.24) is 0 Å². The molecule has 0 aromatic carbocycles. The predicted octanol–water partition coefficient (Wildman–Crippen LogP) is -0.0637. The van der Waals surface area contributed by atoms with Crippen LogP contribution in [0.2, 0.25) is 0 Å². The smallest absolute Gasteiger partial charge is 0.280 e. The molecule has 0 aliphatic carbocycles. The molecule has 1 aliphatic heterocycles. The van der Waals surface area contributed by atoms with Gasteiger partial charge < -0.3 is 15.2 Å². The van der Waals surface area contributed by atoms with Gasteiger partial charge >= 0.3 is 0 Å². The van der Waals surface area contributed by atoms with Crippen LogP contribution in [0.4, 0.5) is 0 Å². The third-order valence-corrected chi connectivity index (χ3v) is 2.59. The maximum atomic E-state index is 11.1. The Morgan fingerprint density at radius 3 is 2.69 bits per heavy atom. The van der Waals surface area contributed by atoms with Crippen LogP contribution in [0, 0.1) is 10.1 Å². The molecule has 16 heavy (non-hydrogen) atoms. The first kappa shape index (κ1) is 12.8. The fourth-order valence-corrected chi connectivity index (χ4v) is 1.54. The van der Waals surface area contributed by atoms with Gasteiger partial charge in [0.25, 0.3) is 5.54 Å². The number of dihydropyridines is 1. The van der Waals surface area contributed by atoms with Crippen LogP contribution in [0.5, 0.6) is 0 Å². The van der Waals surface area contributed by atoms with Crippen LogP contribution in [0.15, 0.2) is 17.1 Å². The first-order valence-corrected chi connectivity index (χ1v) is 4.73. The van der Waals surface area contributed by atoms with Crippen molar-refractivity contribution in [2.24, 2.45) is 10.7 Å². The lowest BCUT2D eigenvalue weighted by molar-refractivity contribution is -0.563. The second-order valence-corrected chi connectivity index (χ2v) is 3.46. The lowest BCUT2D eigenvalue weighted by Gasteiger charge is -2.29. The Balaban J connectivity index is 2.93. The van der Waals surface area contributed by atoms with Gasteiger partial charge in [0, 0.05) is 25.4 Å². The van der Waals surface area contributed by atoms with Gasteiger partial charge in [0.2, 0.25) is 0 Å². The minimum atomic E-state index is -1.47. The highest BCUT2D eigenvalue weighted by Crippen LogP contribution is 2.26. The van der Waals surface area contributed by atoms with Crippen molar-refractivity contribution in [3.8, 4) is 0 Å². The van der Waals surface area contributed by atoms with Gasteiger partial charge in [-0.25, -0.2) is 0 Å². The van der Waals surface area contributed by atoms with E-state index < -0.39 is 22.9 Å². The molecule has 0 aromatic heterocycles. The zero-order chi connectivity index (χ0) is 12.2. The molecule has 1 rings (SSSR count). The Kier molecular flexibility index (Phi) is 4.11. The molecule has 0 amide bonds. The molecule has 7 heteroatoms. The maximum absolute atomic E-state index is 11.1. The van der Waals surface area contributed by atoms with Crippen molar-refractivity contribution in [3.63, 3.8) is 0 Å². The summed E-state index contributed by atoms with van der Waals surface area (Å²) in [5, 5.41) is 11.1. The van der Waals surface area contributed by atoms with Gasteiger partial charge in [-0.15, -0.1) is 0 Å². The Hall–Kier alpha value is -1.31. The molecular formula is C9H15N3O4. The lowest BCUT2D eigenvalue weighted by Crippen LogP contribution is -2.54. The lowest BCUT2D eigenvalue weighted by atomic mass is 9.90. The summed E-state index contributed by atoms with van der Waals surface area (Å²) in [6.45, 7) is 0. The van der Waals surface area contributed by atoms with E-state index in [1.165, 1.54) is 32.6 Å². The number of aliphatic imine (C=N–C) groups is 1. The SMILES string of the molecule is COC(CC1([N+](=O)[O-])C=CC=NC1N)OC. The van der Waals surface area contributed by atoms with Crippen molar-refractivity contribution in [2.45, 2.75) is 24.4 Å². The summed E-state index contributed by atoms with van der Waals surface area (Å²) >= 11 is 0. The molecule has 2 N–H and O–H groups in total. The summed E-state index contributed by atoms with van der Waals surface area (Å²) in [4.78, 5) is 14.5. The van der Waals surface area contributed by atoms with Gasteiger partial charge in [-0.05, 0) is 12.2 Å². The summed E-state index contributed by atoms with van der Waals surface area (Å²) < 4.78 is 9.92. The van der Waals surface area contributed by atoms with Crippen LogP contribution >= 0.6 is 0 Å². The molecule has 0 radical (unpaired) electrons. The molecule has 0 saturated carbocycles. The first-order valence-electron chi connectivity index (χ1n) is 4.73. The number of nitro groups is 1. The maximum Gasteiger partial charge on any atom is 0.280 e. The third-order valence-electron chi connectivity index (χ3n) is 2.59. The number of hydrogen-bond donors (Lipinski definition) is 1. The molecule has 0 saturated heterocycles. The number of nitrogens with two attached hydrogens (primary N) is 1. The molecule has 2 atom stereocenters. The summed E-state index contributed by atoms with van der Waals surface area (Å²) in [6.07, 6.45) is 2.78. The van der Waals surface area contributed by atoms with Crippen molar-refractivity contribution < 1.29 is 14.4 Å². The van der Waals surface area contributed by atoms with Crippen molar-refractivity contribution >= 4 is 6.21 Å².